The summed E-state index contributed by atoms with van der Waals surface area (Å²) in [5, 5.41) is 3.29. The summed E-state index contributed by atoms with van der Waals surface area (Å²) in [6.07, 6.45) is 3.25. The third-order valence-corrected chi connectivity index (χ3v) is 3.48. The van der Waals surface area contributed by atoms with E-state index in [0.717, 1.165) is 32.0 Å². The molecule has 0 radical (unpaired) electrons. The van der Waals surface area contributed by atoms with Crippen molar-refractivity contribution in [2.24, 2.45) is 0 Å². The van der Waals surface area contributed by atoms with Crippen molar-refractivity contribution in [1.29, 1.82) is 0 Å². The number of aromatic nitrogens is 2. The number of piperazine rings is 1. The molecule has 1 aromatic carbocycles. The van der Waals surface area contributed by atoms with Gasteiger partial charge in [0.1, 0.15) is 13.2 Å². The van der Waals surface area contributed by atoms with Gasteiger partial charge in [-0.2, -0.15) is 0 Å². The fourth-order valence-electron chi connectivity index (χ4n) is 2.37. The molecule has 1 fully saturated rings. The van der Waals surface area contributed by atoms with Gasteiger partial charge in [0.15, 0.2) is 17.4 Å². The summed E-state index contributed by atoms with van der Waals surface area (Å²) in [6.45, 7) is 4.05. The summed E-state index contributed by atoms with van der Waals surface area (Å²) in [5.74, 6) is 1.05. The second-order valence-corrected chi connectivity index (χ2v) is 5.05. The van der Waals surface area contributed by atoms with Crippen LogP contribution in [0, 0.1) is 5.82 Å². The minimum atomic E-state index is -0.381. The van der Waals surface area contributed by atoms with Crippen molar-refractivity contribution in [3.05, 3.63) is 42.5 Å². The Labute approximate surface area is 134 Å². The number of nitrogens with one attached hydrogen (secondary N) is 1. The van der Waals surface area contributed by atoms with Crippen molar-refractivity contribution in [1.82, 2.24) is 15.3 Å². The third-order valence-electron chi connectivity index (χ3n) is 3.48. The van der Waals surface area contributed by atoms with Gasteiger partial charge in [-0.3, -0.25) is 0 Å². The first-order valence-corrected chi connectivity index (χ1v) is 7.61. The average Bonchev–Trinajstić information content (AvgIpc) is 2.61. The second kappa shape index (κ2) is 7.73. The Kier molecular flexibility index (Phi) is 5.21. The summed E-state index contributed by atoms with van der Waals surface area (Å²) in [7, 11) is 0. The van der Waals surface area contributed by atoms with E-state index < -0.39 is 0 Å². The summed E-state index contributed by atoms with van der Waals surface area (Å²) in [5.41, 5.74) is 0. The predicted octanol–water partition coefficient (Wildman–Crippen LogP) is 1.48. The smallest absolute Gasteiger partial charge is 0.257 e. The number of hydrogen-bond acceptors (Lipinski definition) is 6. The molecule has 7 heteroatoms. The fourth-order valence-corrected chi connectivity index (χ4v) is 2.37. The molecule has 1 N–H and O–H groups in total. The molecule has 0 bridgehead atoms. The Hall–Kier alpha value is -2.41. The van der Waals surface area contributed by atoms with Crippen molar-refractivity contribution < 1.29 is 13.9 Å². The Balaban J connectivity index is 1.55. The largest absolute Gasteiger partial charge is 0.487 e. The molecule has 6 nitrogen and oxygen atoms in total. The fraction of sp³-hybridized carbons (Fsp3) is 0.375. The number of benzene rings is 1. The van der Waals surface area contributed by atoms with Crippen LogP contribution in [0.5, 0.6) is 11.6 Å². The van der Waals surface area contributed by atoms with Gasteiger partial charge < -0.3 is 19.7 Å². The van der Waals surface area contributed by atoms with Gasteiger partial charge in [0.2, 0.25) is 0 Å². The summed E-state index contributed by atoms with van der Waals surface area (Å²) in [4.78, 5) is 10.7. The monoisotopic (exact) mass is 318 g/mol. The molecule has 1 aromatic heterocycles. The molecular formula is C16H19FN4O2. The minimum absolute atomic E-state index is 0.220. The van der Waals surface area contributed by atoms with Crippen molar-refractivity contribution in [2.75, 3.05) is 44.3 Å². The molecule has 1 aliphatic rings. The van der Waals surface area contributed by atoms with Crippen molar-refractivity contribution >= 4 is 5.82 Å². The molecule has 0 spiro atoms. The van der Waals surface area contributed by atoms with Gasteiger partial charge in [-0.25, -0.2) is 14.4 Å². The van der Waals surface area contributed by atoms with E-state index in [9.17, 15) is 4.39 Å². The molecule has 23 heavy (non-hydrogen) atoms. The van der Waals surface area contributed by atoms with E-state index in [0.29, 0.717) is 5.88 Å². The molecule has 1 saturated heterocycles. The molecule has 0 unspecified atom stereocenters. The van der Waals surface area contributed by atoms with Crippen LogP contribution in [-0.4, -0.2) is 49.4 Å². The Morgan fingerprint density at radius 2 is 1.78 bits per heavy atom. The van der Waals surface area contributed by atoms with Crippen LogP contribution in [-0.2, 0) is 0 Å². The van der Waals surface area contributed by atoms with Gasteiger partial charge in [0, 0.05) is 38.6 Å². The molecule has 2 heterocycles. The van der Waals surface area contributed by atoms with E-state index in [1.165, 1.54) is 6.07 Å². The van der Waals surface area contributed by atoms with E-state index >= 15 is 0 Å². The first-order chi connectivity index (χ1) is 11.3. The van der Waals surface area contributed by atoms with E-state index in [1.54, 1.807) is 30.6 Å². The van der Waals surface area contributed by atoms with Gasteiger partial charge in [-0.05, 0) is 12.1 Å². The zero-order valence-electron chi connectivity index (χ0n) is 12.7. The zero-order chi connectivity index (χ0) is 15.9. The normalized spacial score (nSPS) is 14.6. The Bertz CT molecular complexity index is 635. The third kappa shape index (κ3) is 4.07. The van der Waals surface area contributed by atoms with Crippen LogP contribution in [0.2, 0.25) is 0 Å². The topological polar surface area (TPSA) is 59.5 Å². The standard InChI is InChI=1S/C16H19FN4O2/c17-13-3-1-2-4-14(13)22-11-12-23-16-15(19-5-6-20-16)21-9-7-18-8-10-21/h1-6,18H,7-12H2. The SMILES string of the molecule is Fc1ccccc1OCCOc1nccnc1N1CCNCC1. The lowest BCUT2D eigenvalue weighted by atomic mass is 10.3. The van der Waals surface area contributed by atoms with Crippen LogP contribution in [0.4, 0.5) is 10.2 Å². The first-order valence-electron chi connectivity index (χ1n) is 7.61. The number of nitrogens with zero attached hydrogens (tertiary/aromatic N) is 3. The zero-order valence-corrected chi connectivity index (χ0v) is 12.7. The lowest BCUT2D eigenvalue weighted by molar-refractivity contribution is 0.206. The molecule has 1 aliphatic heterocycles. The van der Waals surface area contributed by atoms with Crippen molar-refractivity contribution in [3.63, 3.8) is 0 Å². The van der Waals surface area contributed by atoms with Crippen molar-refractivity contribution in [3.8, 4) is 11.6 Å². The van der Waals surface area contributed by atoms with Gasteiger partial charge in [-0.15, -0.1) is 0 Å². The highest BCUT2D eigenvalue weighted by molar-refractivity contribution is 5.48. The molecule has 0 amide bonds. The van der Waals surface area contributed by atoms with E-state index in [-0.39, 0.29) is 24.8 Å². The molecule has 0 saturated carbocycles. The number of rotatable bonds is 6. The van der Waals surface area contributed by atoms with Gasteiger partial charge >= 0.3 is 0 Å². The highest BCUT2D eigenvalue weighted by Crippen LogP contribution is 2.22. The average molecular weight is 318 g/mol. The minimum Gasteiger partial charge on any atom is -0.487 e. The Morgan fingerprint density at radius 1 is 1.04 bits per heavy atom. The number of para-hydroxylation sites is 1. The maximum Gasteiger partial charge on any atom is 0.257 e. The molecule has 122 valence electrons. The van der Waals surface area contributed by atoms with E-state index in [4.69, 9.17) is 9.47 Å². The Morgan fingerprint density at radius 3 is 2.61 bits per heavy atom. The maximum atomic E-state index is 13.4. The lowest BCUT2D eigenvalue weighted by Crippen LogP contribution is -2.44. The van der Waals surface area contributed by atoms with E-state index in [1.807, 2.05) is 0 Å². The number of ether oxygens (including phenoxy) is 2. The molecular weight excluding hydrogens is 299 g/mol. The molecule has 0 aliphatic carbocycles. The number of halogens is 1. The lowest BCUT2D eigenvalue weighted by Gasteiger charge is -2.28. The molecule has 0 atom stereocenters. The molecule has 2 aromatic rings. The summed E-state index contributed by atoms with van der Waals surface area (Å²) >= 11 is 0. The van der Waals surface area contributed by atoms with Gasteiger partial charge in [-0.1, -0.05) is 12.1 Å². The van der Waals surface area contributed by atoms with Gasteiger partial charge in [0.05, 0.1) is 0 Å². The van der Waals surface area contributed by atoms with Crippen LogP contribution in [0.3, 0.4) is 0 Å². The number of hydrogen-bond donors (Lipinski definition) is 1. The van der Waals surface area contributed by atoms with Crippen molar-refractivity contribution in [2.45, 2.75) is 0 Å². The second-order valence-electron chi connectivity index (χ2n) is 5.05. The molecule has 3 rings (SSSR count). The van der Waals surface area contributed by atoms with Crippen LogP contribution in [0.25, 0.3) is 0 Å². The van der Waals surface area contributed by atoms with Crippen LogP contribution in [0.1, 0.15) is 0 Å². The van der Waals surface area contributed by atoms with E-state index in [2.05, 4.69) is 20.2 Å². The summed E-state index contributed by atoms with van der Waals surface area (Å²) < 4.78 is 24.5. The van der Waals surface area contributed by atoms with Crippen LogP contribution in [0.15, 0.2) is 36.7 Å². The first kappa shape index (κ1) is 15.5. The highest BCUT2D eigenvalue weighted by Gasteiger charge is 2.17. The quantitative estimate of drug-likeness (QED) is 0.814. The van der Waals surface area contributed by atoms with Crippen LogP contribution < -0.4 is 19.7 Å². The van der Waals surface area contributed by atoms with Gasteiger partial charge in [0.25, 0.3) is 5.88 Å². The highest BCUT2D eigenvalue weighted by atomic mass is 19.1. The predicted molar refractivity (Wildman–Crippen MR) is 84.5 cm³/mol. The maximum absolute atomic E-state index is 13.4. The number of anilines is 1. The summed E-state index contributed by atoms with van der Waals surface area (Å²) in [6, 6.07) is 6.30. The van der Waals surface area contributed by atoms with Crippen LogP contribution >= 0.6 is 0 Å².